The van der Waals surface area contributed by atoms with Gasteiger partial charge in [0.25, 0.3) is 0 Å². The van der Waals surface area contributed by atoms with Gasteiger partial charge < -0.3 is 10.2 Å². The van der Waals surface area contributed by atoms with Crippen molar-refractivity contribution in [2.45, 2.75) is 71.4 Å². The molecule has 0 aromatic rings. The van der Waals surface area contributed by atoms with Crippen molar-refractivity contribution < 1.29 is 0 Å². The van der Waals surface area contributed by atoms with Crippen LogP contribution in [0.3, 0.4) is 0 Å². The quantitative estimate of drug-likeness (QED) is 0.651. The fourth-order valence-electron chi connectivity index (χ4n) is 2.23. The molecule has 0 aliphatic heterocycles. The predicted molar refractivity (Wildman–Crippen MR) is 74.0 cm³/mol. The van der Waals surface area contributed by atoms with Gasteiger partial charge in [0.1, 0.15) is 0 Å². The first-order valence-corrected chi connectivity index (χ1v) is 6.93. The Morgan fingerprint density at radius 2 is 1.75 bits per heavy atom. The van der Waals surface area contributed by atoms with E-state index >= 15 is 0 Å². The lowest BCUT2D eigenvalue weighted by Crippen LogP contribution is -2.56. The fourth-order valence-corrected chi connectivity index (χ4v) is 2.23. The Bertz CT molecular complexity index is 160. The van der Waals surface area contributed by atoms with E-state index in [2.05, 4.69) is 52.0 Å². The van der Waals surface area contributed by atoms with E-state index in [0.29, 0.717) is 6.04 Å². The van der Waals surface area contributed by atoms with Crippen molar-refractivity contribution >= 4 is 0 Å². The fraction of sp³-hybridized carbons (Fsp3) is 1.00. The first kappa shape index (κ1) is 15.9. The van der Waals surface area contributed by atoms with Crippen LogP contribution in [0.25, 0.3) is 0 Å². The third-order valence-corrected chi connectivity index (χ3v) is 3.98. The molecule has 0 rings (SSSR count). The van der Waals surface area contributed by atoms with Crippen LogP contribution in [0, 0.1) is 0 Å². The van der Waals surface area contributed by atoms with Crippen molar-refractivity contribution in [3.05, 3.63) is 0 Å². The summed E-state index contributed by atoms with van der Waals surface area (Å²) in [4.78, 5) is 2.38. The van der Waals surface area contributed by atoms with E-state index < -0.39 is 0 Å². The van der Waals surface area contributed by atoms with Gasteiger partial charge in [-0.15, -0.1) is 0 Å². The van der Waals surface area contributed by atoms with E-state index in [4.69, 9.17) is 0 Å². The molecular weight excluding hydrogens is 196 g/mol. The summed E-state index contributed by atoms with van der Waals surface area (Å²) in [7, 11) is 4.41. The van der Waals surface area contributed by atoms with Crippen LogP contribution in [0.4, 0.5) is 0 Å². The molecule has 2 heteroatoms. The van der Waals surface area contributed by atoms with E-state index in [9.17, 15) is 0 Å². The Balaban J connectivity index is 4.54. The van der Waals surface area contributed by atoms with Crippen LogP contribution in [0.2, 0.25) is 0 Å². The highest BCUT2D eigenvalue weighted by Gasteiger charge is 2.33. The number of hydrogen-bond donors (Lipinski definition) is 1. The maximum absolute atomic E-state index is 3.74. The van der Waals surface area contributed by atoms with Crippen LogP contribution in [-0.4, -0.2) is 37.1 Å². The molecular formula is C14H32N2. The van der Waals surface area contributed by atoms with Gasteiger partial charge in [-0.25, -0.2) is 0 Å². The number of nitrogens with zero attached hydrogens (tertiary/aromatic N) is 1. The van der Waals surface area contributed by atoms with E-state index in [1.807, 2.05) is 0 Å². The van der Waals surface area contributed by atoms with Crippen molar-refractivity contribution in [1.29, 1.82) is 0 Å². The maximum Gasteiger partial charge on any atom is 0.0325 e. The van der Waals surface area contributed by atoms with Crippen LogP contribution in [0.1, 0.15) is 59.8 Å². The van der Waals surface area contributed by atoms with Crippen molar-refractivity contribution in [3.63, 3.8) is 0 Å². The molecule has 1 N–H and O–H groups in total. The lowest BCUT2D eigenvalue weighted by Gasteiger charge is -2.43. The molecule has 0 aliphatic carbocycles. The van der Waals surface area contributed by atoms with Gasteiger partial charge in [0.15, 0.2) is 0 Å². The number of nitrogens with one attached hydrogen (secondary N) is 1. The maximum atomic E-state index is 3.74. The second-order valence-electron chi connectivity index (χ2n) is 5.25. The molecule has 16 heavy (non-hydrogen) atoms. The topological polar surface area (TPSA) is 15.3 Å². The summed E-state index contributed by atoms with van der Waals surface area (Å²) >= 11 is 0. The second kappa shape index (κ2) is 8.08. The molecule has 2 atom stereocenters. The molecule has 0 radical (unpaired) electrons. The van der Waals surface area contributed by atoms with Crippen LogP contribution in [0.15, 0.2) is 0 Å². The monoisotopic (exact) mass is 228 g/mol. The molecule has 0 aliphatic rings. The Morgan fingerprint density at radius 3 is 2.12 bits per heavy atom. The smallest absolute Gasteiger partial charge is 0.0325 e. The molecule has 0 heterocycles. The van der Waals surface area contributed by atoms with Gasteiger partial charge in [-0.2, -0.15) is 0 Å². The standard InChI is InChI=1S/C14H32N2/c1-7-10-11-13(15-12-8-2)14(4,9-3)16(5)6/h13,15H,7-12H2,1-6H3. The van der Waals surface area contributed by atoms with Crippen molar-refractivity contribution in [2.24, 2.45) is 0 Å². The van der Waals surface area contributed by atoms with E-state index in [-0.39, 0.29) is 5.54 Å². The zero-order valence-corrected chi connectivity index (χ0v) is 12.3. The summed E-state index contributed by atoms with van der Waals surface area (Å²) in [5, 5.41) is 3.74. The van der Waals surface area contributed by atoms with Gasteiger partial charge in [0.2, 0.25) is 0 Å². The number of rotatable bonds is 9. The lowest BCUT2D eigenvalue weighted by molar-refractivity contribution is 0.106. The molecule has 0 fully saturated rings. The summed E-state index contributed by atoms with van der Waals surface area (Å²) in [6, 6.07) is 0.618. The van der Waals surface area contributed by atoms with Crippen LogP contribution >= 0.6 is 0 Å². The molecule has 0 saturated carbocycles. The van der Waals surface area contributed by atoms with Gasteiger partial charge in [-0.05, 0) is 46.8 Å². The van der Waals surface area contributed by atoms with Gasteiger partial charge in [-0.1, -0.05) is 33.6 Å². The SMILES string of the molecule is CCCCC(NCCC)C(C)(CC)N(C)C. The largest absolute Gasteiger partial charge is 0.312 e. The summed E-state index contributed by atoms with van der Waals surface area (Å²) < 4.78 is 0. The first-order chi connectivity index (χ1) is 7.52. The minimum Gasteiger partial charge on any atom is -0.312 e. The van der Waals surface area contributed by atoms with Crippen molar-refractivity contribution in [1.82, 2.24) is 10.2 Å². The summed E-state index contributed by atoms with van der Waals surface area (Å²) in [6.07, 6.45) is 6.32. The highest BCUT2D eigenvalue weighted by Crippen LogP contribution is 2.24. The zero-order valence-electron chi connectivity index (χ0n) is 12.3. The molecule has 2 unspecified atom stereocenters. The normalized spacial score (nSPS) is 17.4. The lowest BCUT2D eigenvalue weighted by atomic mass is 9.84. The van der Waals surface area contributed by atoms with Crippen molar-refractivity contribution in [3.8, 4) is 0 Å². The van der Waals surface area contributed by atoms with Gasteiger partial charge in [0.05, 0.1) is 0 Å². The number of hydrogen-bond acceptors (Lipinski definition) is 2. The molecule has 0 bridgehead atoms. The Hall–Kier alpha value is -0.0800. The van der Waals surface area contributed by atoms with Gasteiger partial charge in [0, 0.05) is 11.6 Å². The Labute approximate surface area is 103 Å². The van der Waals surface area contributed by atoms with Crippen LogP contribution in [0.5, 0.6) is 0 Å². The van der Waals surface area contributed by atoms with Crippen LogP contribution < -0.4 is 5.32 Å². The van der Waals surface area contributed by atoms with Crippen molar-refractivity contribution in [2.75, 3.05) is 20.6 Å². The summed E-state index contributed by atoms with van der Waals surface area (Å²) in [5.74, 6) is 0. The molecule has 0 aromatic heterocycles. The van der Waals surface area contributed by atoms with Crippen LogP contribution in [-0.2, 0) is 0 Å². The molecule has 0 saturated heterocycles. The predicted octanol–water partition coefficient (Wildman–Crippen LogP) is 3.28. The third-order valence-electron chi connectivity index (χ3n) is 3.98. The second-order valence-corrected chi connectivity index (χ2v) is 5.25. The molecule has 0 amide bonds. The van der Waals surface area contributed by atoms with Gasteiger partial charge >= 0.3 is 0 Å². The van der Waals surface area contributed by atoms with Gasteiger partial charge in [-0.3, -0.25) is 0 Å². The Kier molecular flexibility index (Phi) is 8.04. The van der Waals surface area contributed by atoms with E-state index in [1.165, 1.54) is 32.1 Å². The number of likely N-dealkylation sites (N-methyl/N-ethyl adjacent to an activating group) is 1. The molecule has 0 spiro atoms. The highest BCUT2D eigenvalue weighted by atomic mass is 15.2. The Morgan fingerprint density at radius 1 is 1.12 bits per heavy atom. The third kappa shape index (κ3) is 4.42. The summed E-state index contributed by atoms with van der Waals surface area (Å²) in [5.41, 5.74) is 0.282. The first-order valence-electron chi connectivity index (χ1n) is 6.93. The minimum atomic E-state index is 0.282. The van der Waals surface area contributed by atoms with E-state index in [0.717, 1.165) is 6.54 Å². The zero-order chi connectivity index (χ0) is 12.6. The minimum absolute atomic E-state index is 0.282. The average molecular weight is 228 g/mol. The van der Waals surface area contributed by atoms with E-state index in [1.54, 1.807) is 0 Å². The molecule has 98 valence electrons. The average Bonchev–Trinajstić information content (AvgIpc) is 2.28. The molecule has 2 nitrogen and oxygen atoms in total. The number of unbranched alkanes of at least 4 members (excludes halogenated alkanes) is 1. The molecule has 0 aromatic carbocycles. The highest BCUT2D eigenvalue weighted by molar-refractivity contribution is 4.93. The summed E-state index contributed by atoms with van der Waals surface area (Å²) in [6.45, 7) is 10.3.